The van der Waals surface area contributed by atoms with Crippen LogP contribution < -0.4 is 10.1 Å². The highest BCUT2D eigenvalue weighted by Gasteiger charge is 2.44. The van der Waals surface area contributed by atoms with Crippen LogP contribution in [-0.2, 0) is 29.3 Å². The van der Waals surface area contributed by atoms with Gasteiger partial charge in [-0.3, -0.25) is 4.98 Å². The van der Waals surface area contributed by atoms with Crippen LogP contribution >= 0.6 is 0 Å². The summed E-state index contributed by atoms with van der Waals surface area (Å²) in [5.74, 6) is 0.356. The highest BCUT2D eigenvalue weighted by molar-refractivity contribution is 7.91. The van der Waals surface area contributed by atoms with Crippen molar-refractivity contribution in [3.8, 4) is 5.75 Å². The van der Waals surface area contributed by atoms with E-state index in [1.165, 1.54) is 23.5 Å². The normalized spacial score (nSPS) is 20.0. The van der Waals surface area contributed by atoms with Crippen LogP contribution in [0.5, 0.6) is 5.75 Å². The molecule has 0 saturated carbocycles. The van der Waals surface area contributed by atoms with E-state index in [2.05, 4.69) is 10.3 Å². The van der Waals surface area contributed by atoms with Gasteiger partial charge in [0.1, 0.15) is 18.5 Å². The van der Waals surface area contributed by atoms with E-state index in [1.54, 1.807) is 42.6 Å². The molecule has 234 valence electrons. The molecule has 0 aliphatic carbocycles. The number of fused-ring (bicyclic) bond motifs is 1. The van der Waals surface area contributed by atoms with Gasteiger partial charge in [0.15, 0.2) is 9.84 Å². The van der Waals surface area contributed by atoms with Crippen LogP contribution in [0.1, 0.15) is 25.7 Å². The number of benzene rings is 2. The molecule has 2 N–H and O–H groups in total. The fourth-order valence-electron chi connectivity index (χ4n) is 5.64. The van der Waals surface area contributed by atoms with Gasteiger partial charge in [-0.1, -0.05) is 12.1 Å². The number of nitrogens with zero attached hydrogens (tertiary/aromatic N) is 2. The van der Waals surface area contributed by atoms with Gasteiger partial charge in [0, 0.05) is 51.0 Å². The third kappa shape index (κ3) is 7.72. The molecule has 1 aromatic heterocycles. The minimum absolute atomic E-state index is 0.00342. The first-order chi connectivity index (χ1) is 20.6. The molecule has 2 aliphatic heterocycles. The van der Waals surface area contributed by atoms with E-state index in [4.69, 9.17) is 14.2 Å². The zero-order valence-electron chi connectivity index (χ0n) is 24.2. The van der Waals surface area contributed by atoms with Gasteiger partial charge in [-0.25, -0.2) is 16.8 Å². The molecule has 2 fully saturated rings. The van der Waals surface area contributed by atoms with Crippen molar-refractivity contribution in [2.45, 2.75) is 53.2 Å². The summed E-state index contributed by atoms with van der Waals surface area (Å²) in [5.41, 5.74) is 0.357. The Hall–Kier alpha value is -2.65. The number of aliphatic hydroxyl groups excluding tert-OH is 1. The van der Waals surface area contributed by atoms with E-state index in [-0.39, 0.29) is 34.7 Å². The van der Waals surface area contributed by atoms with E-state index in [9.17, 15) is 21.9 Å². The summed E-state index contributed by atoms with van der Waals surface area (Å²) >= 11 is 0. The van der Waals surface area contributed by atoms with Crippen LogP contribution in [0, 0.1) is 0 Å². The summed E-state index contributed by atoms with van der Waals surface area (Å²) < 4.78 is 70.1. The van der Waals surface area contributed by atoms with Crippen molar-refractivity contribution < 1.29 is 36.2 Å². The minimum Gasteiger partial charge on any atom is -0.491 e. The third-order valence-electron chi connectivity index (χ3n) is 8.07. The quantitative estimate of drug-likeness (QED) is 0.269. The highest BCUT2D eigenvalue weighted by Crippen LogP contribution is 2.37. The van der Waals surface area contributed by atoms with Crippen molar-refractivity contribution in [3.63, 3.8) is 0 Å². The van der Waals surface area contributed by atoms with Crippen LogP contribution in [0.4, 0.5) is 0 Å². The summed E-state index contributed by atoms with van der Waals surface area (Å²) in [4.78, 5) is 4.71. The first kappa shape index (κ1) is 31.8. The van der Waals surface area contributed by atoms with Crippen LogP contribution in [0.15, 0.2) is 70.6 Å². The maximum Gasteiger partial charge on any atom is 0.243 e. The van der Waals surface area contributed by atoms with Crippen molar-refractivity contribution >= 4 is 30.8 Å². The first-order valence-electron chi connectivity index (χ1n) is 14.5. The number of rotatable bonds is 13. The summed E-state index contributed by atoms with van der Waals surface area (Å²) in [7, 11) is -5.55. The van der Waals surface area contributed by atoms with E-state index < -0.39 is 31.6 Å². The van der Waals surface area contributed by atoms with Crippen molar-refractivity contribution in [2.75, 3.05) is 52.3 Å². The number of hydrogen-bond donors (Lipinski definition) is 2. The molecule has 11 nitrogen and oxygen atoms in total. The number of sulfone groups is 1. The Bertz CT molecular complexity index is 1610. The molecule has 13 heteroatoms. The topological polar surface area (TPSA) is 144 Å². The average Bonchev–Trinajstić information content (AvgIpc) is 3.41. The Morgan fingerprint density at radius 1 is 1.09 bits per heavy atom. The van der Waals surface area contributed by atoms with Crippen molar-refractivity contribution in [1.82, 2.24) is 14.6 Å². The molecule has 3 heterocycles. The number of aliphatic hydroxyl groups is 1. The molecule has 2 aliphatic rings. The number of methoxy groups -OCH3 is 1. The molecule has 0 amide bonds. The maximum absolute atomic E-state index is 13.3. The smallest absolute Gasteiger partial charge is 0.243 e. The monoisotopic (exact) mass is 633 g/mol. The third-order valence-corrected chi connectivity index (χ3v) is 11.8. The highest BCUT2D eigenvalue weighted by atomic mass is 32.2. The lowest BCUT2D eigenvalue weighted by Crippen LogP contribution is -2.47. The number of hydrogen-bond acceptors (Lipinski definition) is 10. The first-order valence-corrected chi connectivity index (χ1v) is 17.5. The van der Waals surface area contributed by atoms with Crippen molar-refractivity contribution in [1.29, 1.82) is 0 Å². The molecule has 0 bridgehead atoms. The standard InChI is InChI=1S/C30H39N3O8S2/c1-39-15-4-16-42(35,36)27-7-2-6-26(18-27)40-22-25(34)20-32-24-19-30(41-21-24)10-13-33(14-11-30)43(37,38)28-8-9-29-23(17-28)5-3-12-31-29/h2-3,5-9,12,17-18,24-25,32,34H,4,10-11,13-16,19-22H2,1H3. The van der Waals surface area contributed by atoms with Gasteiger partial charge < -0.3 is 24.6 Å². The zero-order chi connectivity index (χ0) is 30.5. The lowest BCUT2D eigenvalue weighted by molar-refractivity contribution is -0.0312. The van der Waals surface area contributed by atoms with E-state index >= 15 is 0 Å². The Labute approximate surface area is 253 Å². The Kier molecular flexibility index (Phi) is 10.0. The molecule has 2 atom stereocenters. The second kappa shape index (κ2) is 13.6. The molecular weight excluding hydrogens is 594 g/mol. The average molecular weight is 634 g/mol. The summed E-state index contributed by atoms with van der Waals surface area (Å²) in [6.45, 7) is 1.86. The van der Waals surface area contributed by atoms with E-state index in [0.29, 0.717) is 51.3 Å². The number of piperidine rings is 1. The van der Waals surface area contributed by atoms with Crippen molar-refractivity contribution in [3.05, 3.63) is 60.8 Å². The Balaban J connectivity index is 1.07. The minimum atomic E-state index is -3.63. The second-order valence-electron chi connectivity index (χ2n) is 11.2. The van der Waals surface area contributed by atoms with Gasteiger partial charge in [0.25, 0.3) is 0 Å². The molecular formula is C30H39N3O8S2. The second-order valence-corrected chi connectivity index (χ2v) is 15.2. The number of aromatic nitrogens is 1. The largest absolute Gasteiger partial charge is 0.491 e. The molecule has 1 spiro atoms. The summed E-state index contributed by atoms with van der Waals surface area (Å²) in [5, 5.41) is 14.6. The number of ether oxygens (including phenoxy) is 3. The van der Waals surface area contributed by atoms with Gasteiger partial charge in [-0.15, -0.1) is 0 Å². The zero-order valence-corrected chi connectivity index (χ0v) is 25.9. The fraction of sp³-hybridized carbons (Fsp3) is 0.500. The van der Waals surface area contributed by atoms with Crippen LogP contribution in [0.25, 0.3) is 10.9 Å². The molecule has 2 aromatic carbocycles. The maximum atomic E-state index is 13.3. The van der Waals surface area contributed by atoms with Crippen LogP contribution in [-0.4, -0.2) is 101 Å². The lowest BCUT2D eigenvalue weighted by Gasteiger charge is -2.38. The predicted octanol–water partition coefficient (Wildman–Crippen LogP) is 2.39. The molecule has 5 rings (SSSR count). The fourth-order valence-corrected chi connectivity index (χ4v) is 8.44. The predicted molar refractivity (Wildman–Crippen MR) is 161 cm³/mol. The van der Waals surface area contributed by atoms with Gasteiger partial charge in [0.2, 0.25) is 10.0 Å². The summed E-state index contributed by atoms with van der Waals surface area (Å²) in [6.07, 6.45) is 3.18. The lowest BCUT2D eigenvalue weighted by atomic mass is 9.88. The Morgan fingerprint density at radius 3 is 2.70 bits per heavy atom. The van der Waals surface area contributed by atoms with Gasteiger partial charge >= 0.3 is 0 Å². The molecule has 2 saturated heterocycles. The van der Waals surface area contributed by atoms with Gasteiger partial charge in [-0.05, 0) is 68.1 Å². The molecule has 2 unspecified atom stereocenters. The summed E-state index contributed by atoms with van der Waals surface area (Å²) in [6, 6.07) is 15.0. The van der Waals surface area contributed by atoms with Gasteiger partial charge in [0.05, 0.1) is 33.3 Å². The number of nitrogens with one attached hydrogen (secondary N) is 1. The molecule has 3 aromatic rings. The Morgan fingerprint density at radius 2 is 1.91 bits per heavy atom. The van der Waals surface area contributed by atoms with Gasteiger partial charge in [-0.2, -0.15) is 4.31 Å². The van der Waals surface area contributed by atoms with E-state index in [0.717, 1.165) is 17.3 Å². The molecule has 43 heavy (non-hydrogen) atoms. The number of pyridine rings is 1. The van der Waals surface area contributed by atoms with E-state index in [1.807, 2.05) is 6.07 Å². The number of sulfonamides is 1. The molecule has 0 radical (unpaired) electrons. The SMILES string of the molecule is COCCCS(=O)(=O)c1cccc(OCC(O)CNC2COC3(CCN(S(=O)(=O)c4ccc5ncccc5c4)CC3)C2)c1. The van der Waals surface area contributed by atoms with Crippen LogP contribution in [0.2, 0.25) is 0 Å². The van der Waals surface area contributed by atoms with Crippen LogP contribution in [0.3, 0.4) is 0 Å². The van der Waals surface area contributed by atoms with Crippen molar-refractivity contribution in [2.24, 2.45) is 0 Å².